The molecule has 0 unspecified atom stereocenters. The summed E-state index contributed by atoms with van der Waals surface area (Å²) in [7, 11) is 0. The van der Waals surface area contributed by atoms with Crippen LogP contribution in [0.25, 0.3) is 21.9 Å². The Balaban J connectivity index is 1.75. The molecule has 0 saturated carbocycles. The van der Waals surface area contributed by atoms with E-state index in [0.717, 1.165) is 38.0 Å². The molecule has 1 N–H and O–H groups in total. The predicted octanol–water partition coefficient (Wildman–Crippen LogP) is 5.21. The van der Waals surface area contributed by atoms with Crippen molar-refractivity contribution in [3.8, 4) is 5.75 Å². The van der Waals surface area contributed by atoms with Crippen LogP contribution in [-0.4, -0.2) is 4.98 Å². The summed E-state index contributed by atoms with van der Waals surface area (Å²) >= 11 is 1.20. The van der Waals surface area contributed by atoms with E-state index in [1.807, 2.05) is 42.5 Å². The van der Waals surface area contributed by atoms with Crippen LogP contribution in [0.5, 0.6) is 5.75 Å². The lowest BCUT2D eigenvalue weighted by Gasteiger charge is -2.11. The highest BCUT2D eigenvalue weighted by molar-refractivity contribution is 7.16. The molecule has 27 heavy (non-hydrogen) atoms. The smallest absolute Gasteiger partial charge is 0.305 e. The van der Waals surface area contributed by atoms with Crippen LogP contribution in [0.4, 0.5) is 4.39 Å². The Morgan fingerprint density at radius 3 is 2.85 bits per heavy atom. The van der Waals surface area contributed by atoms with Gasteiger partial charge in [-0.25, -0.2) is 4.39 Å². The van der Waals surface area contributed by atoms with Crippen LogP contribution in [0.15, 0.2) is 65.5 Å². The first-order valence-electron chi connectivity index (χ1n) is 8.53. The zero-order valence-electron chi connectivity index (χ0n) is 14.2. The predicted molar refractivity (Wildman–Crippen MR) is 107 cm³/mol. The lowest BCUT2D eigenvalue weighted by atomic mass is 9.92. The van der Waals surface area contributed by atoms with Gasteiger partial charge in [0.1, 0.15) is 18.2 Å². The molecule has 5 heteroatoms. The molecule has 0 radical (unpaired) electrons. The number of fused-ring (bicyclic) bond motifs is 3. The van der Waals surface area contributed by atoms with E-state index in [2.05, 4.69) is 11.1 Å². The van der Waals surface area contributed by atoms with Gasteiger partial charge in [-0.05, 0) is 52.6 Å². The number of ether oxygens (including phenoxy) is 1. The average molecular weight is 375 g/mol. The maximum absolute atomic E-state index is 13.8. The van der Waals surface area contributed by atoms with Crippen molar-refractivity contribution in [1.82, 2.24) is 4.98 Å². The van der Waals surface area contributed by atoms with Crippen molar-refractivity contribution < 1.29 is 9.13 Å². The summed E-state index contributed by atoms with van der Waals surface area (Å²) in [5.74, 6) is 0.207. The number of hydrogen-bond acceptors (Lipinski definition) is 3. The van der Waals surface area contributed by atoms with Crippen LogP contribution in [0.2, 0.25) is 0 Å². The number of benzene rings is 3. The van der Waals surface area contributed by atoms with Crippen molar-refractivity contribution in [3.63, 3.8) is 0 Å². The second-order valence-electron chi connectivity index (χ2n) is 6.41. The molecule has 4 aromatic rings. The summed E-state index contributed by atoms with van der Waals surface area (Å²) in [5.41, 5.74) is 5.69. The Bertz CT molecular complexity index is 1270. The topological polar surface area (TPSA) is 42.1 Å². The standard InChI is InChI=1S/C22H14FNO2S/c23-15-6-7-17-18(9-13-5-8-21-19(10-13)24-22(25)27-21)16-4-2-1-3-14(16)12-26-20(17)11-15/h1-11H,12H2,(H,24,25). The fourth-order valence-corrected chi connectivity index (χ4v) is 4.15. The first-order chi connectivity index (χ1) is 13.2. The number of halogens is 1. The number of rotatable bonds is 1. The Labute approximate surface area is 158 Å². The van der Waals surface area contributed by atoms with Gasteiger partial charge in [-0.3, -0.25) is 4.79 Å². The number of nitrogens with one attached hydrogen (secondary N) is 1. The van der Waals surface area contributed by atoms with E-state index in [1.165, 1.54) is 23.5 Å². The number of aromatic nitrogens is 1. The van der Waals surface area contributed by atoms with Crippen molar-refractivity contribution in [2.45, 2.75) is 6.61 Å². The van der Waals surface area contributed by atoms with E-state index in [9.17, 15) is 9.18 Å². The Hall–Kier alpha value is -3.18. The molecule has 3 nitrogen and oxygen atoms in total. The van der Waals surface area contributed by atoms with Gasteiger partial charge in [0.05, 0.1) is 10.2 Å². The SMILES string of the molecule is O=c1[nH]c2cc(C=C3c4ccccc4COc4cc(F)ccc43)ccc2s1. The van der Waals surface area contributed by atoms with E-state index in [0.29, 0.717) is 12.4 Å². The molecular formula is C22H14FNO2S. The number of aromatic amines is 1. The molecule has 0 atom stereocenters. The molecule has 0 bridgehead atoms. The minimum atomic E-state index is -0.323. The first kappa shape index (κ1) is 16.0. The Kier molecular flexibility index (Phi) is 3.69. The molecule has 1 aliphatic heterocycles. The first-order valence-corrected chi connectivity index (χ1v) is 9.34. The highest BCUT2D eigenvalue weighted by Crippen LogP contribution is 2.38. The monoisotopic (exact) mass is 375 g/mol. The summed E-state index contributed by atoms with van der Waals surface area (Å²) in [6.07, 6.45) is 2.06. The third kappa shape index (κ3) is 2.86. The fraction of sp³-hybridized carbons (Fsp3) is 0.0455. The van der Waals surface area contributed by atoms with E-state index >= 15 is 0 Å². The van der Waals surface area contributed by atoms with Crippen LogP contribution < -0.4 is 9.61 Å². The quantitative estimate of drug-likeness (QED) is 0.496. The van der Waals surface area contributed by atoms with Gasteiger partial charge in [-0.2, -0.15) is 0 Å². The number of H-pyrrole nitrogens is 1. The van der Waals surface area contributed by atoms with Crippen molar-refractivity contribution in [2.75, 3.05) is 0 Å². The highest BCUT2D eigenvalue weighted by atomic mass is 32.1. The normalized spacial score (nSPS) is 14.5. The minimum absolute atomic E-state index is 0.0659. The van der Waals surface area contributed by atoms with E-state index in [-0.39, 0.29) is 10.7 Å². The molecule has 2 heterocycles. The van der Waals surface area contributed by atoms with Crippen molar-refractivity contribution >= 4 is 33.2 Å². The Morgan fingerprint density at radius 2 is 1.93 bits per heavy atom. The van der Waals surface area contributed by atoms with Gasteiger partial charge in [-0.15, -0.1) is 0 Å². The summed E-state index contributed by atoms with van der Waals surface area (Å²) in [4.78, 5) is 14.4. The van der Waals surface area contributed by atoms with Gasteiger partial charge < -0.3 is 9.72 Å². The van der Waals surface area contributed by atoms with Crippen LogP contribution in [0, 0.1) is 5.82 Å². The van der Waals surface area contributed by atoms with Crippen molar-refractivity contribution in [1.29, 1.82) is 0 Å². The van der Waals surface area contributed by atoms with E-state index < -0.39 is 0 Å². The van der Waals surface area contributed by atoms with Crippen molar-refractivity contribution in [3.05, 3.63) is 98.4 Å². The molecule has 0 aliphatic carbocycles. The van der Waals surface area contributed by atoms with Gasteiger partial charge in [0.25, 0.3) is 0 Å². The lowest BCUT2D eigenvalue weighted by Crippen LogP contribution is -1.95. The Morgan fingerprint density at radius 1 is 1.04 bits per heavy atom. The summed E-state index contributed by atoms with van der Waals surface area (Å²) in [5, 5.41) is 0. The van der Waals surface area contributed by atoms with E-state index in [4.69, 9.17) is 4.74 Å². The number of thiazole rings is 1. The summed E-state index contributed by atoms with van der Waals surface area (Å²) in [6, 6.07) is 18.5. The third-order valence-corrected chi connectivity index (χ3v) is 5.54. The van der Waals surface area contributed by atoms with Gasteiger partial charge in [-0.1, -0.05) is 41.7 Å². The van der Waals surface area contributed by atoms with Crippen LogP contribution >= 0.6 is 11.3 Å². The molecule has 132 valence electrons. The minimum Gasteiger partial charge on any atom is -0.488 e. The molecule has 0 saturated heterocycles. The van der Waals surface area contributed by atoms with E-state index in [1.54, 1.807) is 6.07 Å². The van der Waals surface area contributed by atoms with Gasteiger partial charge in [0, 0.05) is 11.6 Å². The zero-order valence-corrected chi connectivity index (χ0v) is 15.0. The molecule has 0 amide bonds. The van der Waals surface area contributed by atoms with Crippen LogP contribution in [-0.2, 0) is 6.61 Å². The van der Waals surface area contributed by atoms with Crippen molar-refractivity contribution in [2.24, 2.45) is 0 Å². The maximum Gasteiger partial charge on any atom is 0.305 e. The molecule has 0 fully saturated rings. The second kappa shape index (κ2) is 6.21. The van der Waals surface area contributed by atoms with Gasteiger partial charge in [0.15, 0.2) is 0 Å². The van der Waals surface area contributed by atoms with Gasteiger partial charge in [0.2, 0.25) is 0 Å². The maximum atomic E-state index is 13.8. The molecule has 0 spiro atoms. The molecular weight excluding hydrogens is 361 g/mol. The highest BCUT2D eigenvalue weighted by Gasteiger charge is 2.19. The number of hydrogen-bond donors (Lipinski definition) is 1. The molecule has 1 aromatic heterocycles. The molecule has 1 aliphatic rings. The average Bonchev–Trinajstić information content (AvgIpc) is 2.97. The largest absolute Gasteiger partial charge is 0.488 e. The van der Waals surface area contributed by atoms with Crippen LogP contribution in [0.1, 0.15) is 22.3 Å². The summed E-state index contributed by atoms with van der Waals surface area (Å²) in [6.45, 7) is 0.390. The molecule has 5 rings (SSSR count). The van der Waals surface area contributed by atoms with Gasteiger partial charge >= 0.3 is 4.87 Å². The third-order valence-electron chi connectivity index (χ3n) is 4.68. The lowest BCUT2D eigenvalue weighted by molar-refractivity contribution is 0.305. The van der Waals surface area contributed by atoms with Crippen LogP contribution in [0.3, 0.4) is 0 Å². The summed E-state index contributed by atoms with van der Waals surface area (Å²) < 4.78 is 20.6. The zero-order chi connectivity index (χ0) is 18.4. The fourth-order valence-electron chi connectivity index (χ4n) is 3.43. The second-order valence-corrected chi connectivity index (χ2v) is 7.43. The molecule has 3 aromatic carbocycles.